The van der Waals surface area contributed by atoms with Crippen molar-refractivity contribution in [3.63, 3.8) is 0 Å². The van der Waals surface area contributed by atoms with E-state index in [1.165, 1.54) is 0 Å². The fourth-order valence-electron chi connectivity index (χ4n) is 1.89. The molecule has 0 heterocycles. The van der Waals surface area contributed by atoms with E-state index in [2.05, 4.69) is 0 Å². The molecule has 0 aromatic heterocycles. The molecule has 0 spiro atoms. The van der Waals surface area contributed by atoms with Gasteiger partial charge in [0.2, 0.25) is 5.91 Å². The smallest absolute Gasteiger partial charge is 0.248 e. The molecule has 1 aliphatic rings. The summed E-state index contributed by atoms with van der Waals surface area (Å²) in [7, 11) is 0. The molecule has 0 saturated heterocycles. The molecule has 72 valence electrons. The van der Waals surface area contributed by atoms with Crippen molar-refractivity contribution >= 4 is 11.7 Å². The first-order valence-corrected chi connectivity index (χ1v) is 4.61. The first-order valence-electron chi connectivity index (χ1n) is 4.61. The number of nitrogens with two attached hydrogens (primary N) is 1. The van der Waals surface area contributed by atoms with Gasteiger partial charge in [0.25, 0.3) is 0 Å². The van der Waals surface area contributed by atoms with Crippen LogP contribution in [0.25, 0.3) is 0 Å². The Hall–Kier alpha value is -1.64. The van der Waals surface area contributed by atoms with Gasteiger partial charge in [-0.3, -0.25) is 9.59 Å². The molecule has 0 bridgehead atoms. The number of rotatable bonds is 1. The third kappa shape index (κ3) is 1.41. The second kappa shape index (κ2) is 3.25. The van der Waals surface area contributed by atoms with Gasteiger partial charge in [-0.15, -0.1) is 0 Å². The van der Waals surface area contributed by atoms with Crippen LogP contribution in [0, 0.1) is 0 Å². The summed E-state index contributed by atoms with van der Waals surface area (Å²) in [4.78, 5) is 22.3. The highest BCUT2D eigenvalue weighted by Crippen LogP contribution is 2.22. The van der Waals surface area contributed by atoms with Gasteiger partial charge in [-0.05, 0) is 23.6 Å². The lowest BCUT2D eigenvalue weighted by atomic mass is 9.87. The molecule has 0 radical (unpaired) electrons. The van der Waals surface area contributed by atoms with Crippen molar-refractivity contribution in [3.8, 4) is 0 Å². The maximum absolute atomic E-state index is 11.2. The minimum absolute atomic E-state index is 0.235. The van der Waals surface area contributed by atoms with Crippen LogP contribution in [0.4, 0.5) is 0 Å². The number of amides is 1. The van der Waals surface area contributed by atoms with Crippen LogP contribution < -0.4 is 5.73 Å². The lowest BCUT2D eigenvalue weighted by Crippen LogP contribution is -2.20. The zero-order chi connectivity index (χ0) is 10.1. The number of fused-ring (bicyclic) bond motifs is 1. The predicted molar refractivity (Wildman–Crippen MR) is 52.0 cm³/mol. The molecule has 3 nitrogen and oxygen atoms in total. The Bertz CT molecular complexity index is 410. The normalized spacial score (nSPS) is 15.0. The second-order valence-electron chi connectivity index (χ2n) is 3.52. The molecular weight excluding hydrogens is 178 g/mol. The van der Waals surface area contributed by atoms with Crippen LogP contribution in [-0.4, -0.2) is 11.7 Å². The fourth-order valence-corrected chi connectivity index (χ4v) is 1.89. The van der Waals surface area contributed by atoms with Crippen LogP contribution in [0.1, 0.15) is 27.9 Å². The molecule has 0 atom stereocenters. The molecule has 1 aromatic rings. The van der Waals surface area contributed by atoms with Gasteiger partial charge in [-0.25, -0.2) is 0 Å². The van der Waals surface area contributed by atoms with Crippen LogP contribution in [0.15, 0.2) is 18.2 Å². The van der Waals surface area contributed by atoms with Gasteiger partial charge < -0.3 is 5.73 Å². The maximum Gasteiger partial charge on any atom is 0.248 e. The van der Waals surface area contributed by atoms with Crippen molar-refractivity contribution in [2.45, 2.75) is 19.3 Å². The summed E-state index contributed by atoms with van der Waals surface area (Å²) >= 11 is 0. The van der Waals surface area contributed by atoms with Crippen LogP contribution >= 0.6 is 0 Å². The Morgan fingerprint density at radius 1 is 1.29 bits per heavy atom. The van der Waals surface area contributed by atoms with Gasteiger partial charge >= 0.3 is 0 Å². The Morgan fingerprint density at radius 3 is 2.79 bits per heavy atom. The highest BCUT2D eigenvalue weighted by atomic mass is 16.1. The van der Waals surface area contributed by atoms with Gasteiger partial charge in [-0.2, -0.15) is 0 Å². The van der Waals surface area contributed by atoms with Gasteiger partial charge in [-0.1, -0.05) is 12.1 Å². The molecule has 2 rings (SSSR count). The minimum atomic E-state index is -0.406. The van der Waals surface area contributed by atoms with E-state index in [9.17, 15) is 9.59 Å². The van der Waals surface area contributed by atoms with Crippen LogP contribution in [0.2, 0.25) is 0 Å². The number of Topliss-reactive ketones (excluding diaryl/α,β-unsaturated/α-hetero) is 1. The summed E-state index contributed by atoms with van der Waals surface area (Å²) in [6.45, 7) is 0. The van der Waals surface area contributed by atoms with E-state index in [0.717, 1.165) is 11.1 Å². The van der Waals surface area contributed by atoms with Gasteiger partial charge in [0.05, 0.1) is 0 Å². The maximum atomic E-state index is 11.2. The fraction of sp³-hybridized carbons (Fsp3) is 0.273. The predicted octanol–water partition coefficient (Wildman–Crippen LogP) is 0.843. The summed E-state index contributed by atoms with van der Waals surface area (Å²) in [5, 5.41) is 0. The van der Waals surface area contributed by atoms with Crippen LogP contribution in [0.5, 0.6) is 0 Å². The van der Waals surface area contributed by atoms with Crippen molar-refractivity contribution in [2.24, 2.45) is 5.73 Å². The Morgan fingerprint density at radius 2 is 2.07 bits per heavy atom. The zero-order valence-corrected chi connectivity index (χ0v) is 7.75. The molecule has 2 N–H and O–H groups in total. The summed E-state index contributed by atoms with van der Waals surface area (Å²) in [6, 6.07) is 5.38. The van der Waals surface area contributed by atoms with Crippen molar-refractivity contribution in [2.75, 3.05) is 0 Å². The summed E-state index contributed by atoms with van der Waals surface area (Å²) in [5.74, 6) is -0.171. The van der Waals surface area contributed by atoms with E-state index < -0.39 is 5.91 Å². The van der Waals surface area contributed by atoms with E-state index in [-0.39, 0.29) is 5.78 Å². The van der Waals surface area contributed by atoms with Crippen LogP contribution in [-0.2, 0) is 17.6 Å². The number of benzene rings is 1. The van der Waals surface area contributed by atoms with E-state index in [4.69, 9.17) is 5.73 Å². The molecule has 0 saturated carbocycles. The number of hydrogen-bond acceptors (Lipinski definition) is 2. The van der Waals surface area contributed by atoms with E-state index in [1.54, 1.807) is 12.1 Å². The monoisotopic (exact) mass is 189 g/mol. The largest absolute Gasteiger partial charge is 0.366 e. The number of primary amides is 1. The van der Waals surface area contributed by atoms with Gasteiger partial charge in [0.1, 0.15) is 5.78 Å². The quantitative estimate of drug-likeness (QED) is 0.711. The first-order chi connectivity index (χ1) is 6.68. The molecule has 3 heteroatoms. The van der Waals surface area contributed by atoms with E-state index in [0.29, 0.717) is 24.8 Å². The topological polar surface area (TPSA) is 60.2 Å². The Labute approximate surface area is 81.9 Å². The molecular formula is C11H11NO2. The second-order valence-corrected chi connectivity index (χ2v) is 3.52. The Kier molecular flexibility index (Phi) is 2.08. The van der Waals surface area contributed by atoms with Crippen molar-refractivity contribution in [1.29, 1.82) is 0 Å². The highest BCUT2D eigenvalue weighted by Gasteiger charge is 2.19. The van der Waals surface area contributed by atoms with Gasteiger partial charge in [0.15, 0.2) is 0 Å². The zero-order valence-electron chi connectivity index (χ0n) is 7.75. The van der Waals surface area contributed by atoms with Crippen molar-refractivity contribution in [3.05, 3.63) is 34.9 Å². The van der Waals surface area contributed by atoms with E-state index >= 15 is 0 Å². The summed E-state index contributed by atoms with van der Waals surface area (Å²) in [5.41, 5.74) is 7.73. The standard InChI is InChI=1S/C11H11NO2/c12-11(14)10-3-1-2-7-6-8(13)4-5-9(7)10/h1-3H,4-6H2,(H2,12,14). The average Bonchev–Trinajstić information content (AvgIpc) is 2.16. The Balaban J connectivity index is 2.52. The lowest BCUT2D eigenvalue weighted by Gasteiger charge is -2.16. The molecule has 1 aromatic carbocycles. The molecule has 0 aliphatic heterocycles. The van der Waals surface area contributed by atoms with E-state index in [1.807, 2.05) is 6.07 Å². The SMILES string of the molecule is NC(=O)c1cccc2c1CCC(=O)C2. The first kappa shape index (κ1) is 8.94. The molecule has 0 unspecified atom stereocenters. The molecule has 1 amide bonds. The highest BCUT2D eigenvalue weighted by molar-refractivity contribution is 5.96. The lowest BCUT2D eigenvalue weighted by molar-refractivity contribution is -0.118. The molecule has 0 fully saturated rings. The third-order valence-corrected chi connectivity index (χ3v) is 2.58. The molecule has 14 heavy (non-hydrogen) atoms. The number of ketones is 1. The molecule has 1 aliphatic carbocycles. The van der Waals surface area contributed by atoms with Crippen LogP contribution in [0.3, 0.4) is 0 Å². The summed E-state index contributed by atoms with van der Waals surface area (Å²) < 4.78 is 0. The number of carbonyl (C=O) groups excluding carboxylic acids is 2. The van der Waals surface area contributed by atoms with Gasteiger partial charge in [0, 0.05) is 18.4 Å². The number of hydrogen-bond donors (Lipinski definition) is 1. The van der Waals surface area contributed by atoms with Crippen molar-refractivity contribution < 1.29 is 9.59 Å². The average molecular weight is 189 g/mol. The minimum Gasteiger partial charge on any atom is -0.366 e. The third-order valence-electron chi connectivity index (χ3n) is 2.58. The summed E-state index contributed by atoms with van der Waals surface area (Å²) in [6.07, 6.45) is 1.61. The van der Waals surface area contributed by atoms with Crippen molar-refractivity contribution in [1.82, 2.24) is 0 Å². The number of carbonyl (C=O) groups is 2.